The van der Waals surface area contributed by atoms with Crippen LogP contribution in [0.25, 0.3) is 11.0 Å². The molecule has 0 spiro atoms. The van der Waals surface area contributed by atoms with Crippen molar-refractivity contribution in [2.75, 3.05) is 6.61 Å². The lowest BCUT2D eigenvalue weighted by atomic mass is 10.1. The first kappa shape index (κ1) is 25.8. The minimum absolute atomic E-state index is 0.351. The lowest BCUT2D eigenvalue weighted by molar-refractivity contribution is -0.139. The molecule has 4 rings (SSSR count). The van der Waals surface area contributed by atoms with Gasteiger partial charge >= 0.3 is 5.97 Å². The lowest BCUT2D eigenvalue weighted by Crippen LogP contribution is -2.11. The number of nitrogens with zero attached hydrogens (tertiary/aromatic N) is 2. The summed E-state index contributed by atoms with van der Waals surface area (Å²) in [6.07, 6.45) is 3.88. The number of unbranched alkanes of at least 4 members (excludes halogenated alkanes) is 1. The highest BCUT2D eigenvalue weighted by Gasteiger charge is 2.14. The molecule has 1 heterocycles. The molecule has 0 fully saturated rings. The molecule has 1 N–H and O–H groups in total. The van der Waals surface area contributed by atoms with Gasteiger partial charge in [0.1, 0.15) is 23.9 Å². The maximum atomic E-state index is 10.9. The Balaban J connectivity index is 1.55. The van der Waals surface area contributed by atoms with Crippen molar-refractivity contribution < 1.29 is 19.4 Å². The minimum atomic E-state index is -0.989. The summed E-state index contributed by atoms with van der Waals surface area (Å²) in [5.41, 5.74) is 5.16. The second kappa shape index (κ2) is 12.1. The van der Waals surface area contributed by atoms with Crippen LogP contribution in [-0.4, -0.2) is 27.2 Å². The lowest BCUT2D eigenvalue weighted by Gasteiger charge is -2.15. The molecule has 0 aliphatic rings. The van der Waals surface area contributed by atoms with Crippen LogP contribution in [0.5, 0.6) is 11.5 Å². The largest absolute Gasteiger partial charge is 0.489 e. The third-order valence-electron chi connectivity index (χ3n) is 6.10. The van der Waals surface area contributed by atoms with Crippen LogP contribution in [0, 0.1) is 0 Å². The average molecular weight is 551 g/mol. The molecule has 0 unspecified atom stereocenters. The number of aromatic nitrogens is 2. The van der Waals surface area contributed by atoms with Crippen LogP contribution in [0.1, 0.15) is 49.2 Å². The van der Waals surface area contributed by atoms with Gasteiger partial charge < -0.3 is 19.1 Å². The van der Waals surface area contributed by atoms with E-state index in [0.717, 1.165) is 69.5 Å². The quantitative estimate of drug-likeness (QED) is 0.210. The summed E-state index contributed by atoms with van der Waals surface area (Å²) < 4.78 is 15.0. The Bertz CT molecular complexity index is 1350. The number of rotatable bonds is 12. The van der Waals surface area contributed by atoms with Crippen molar-refractivity contribution in [3.8, 4) is 11.5 Å². The van der Waals surface area contributed by atoms with E-state index in [1.54, 1.807) is 0 Å². The van der Waals surface area contributed by atoms with Gasteiger partial charge in [-0.05, 0) is 60.4 Å². The normalized spacial score (nSPS) is 11.1. The van der Waals surface area contributed by atoms with Crippen molar-refractivity contribution in [1.29, 1.82) is 0 Å². The van der Waals surface area contributed by atoms with E-state index in [9.17, 15) is 4.79 Å². The number of benzene rings is 3. The summed E-state index contributed by atoms with van der Waals surface area (Å²) in [6.45, 7) is 4.95. The second-order valence-corrected chi connectivity index (χ2v) is 9.64. The highest BCUT2D eigenvalue weighted by molar-refractivity contribution is 9.10. The summed E-state index contributed by atoms with van der Waals surface area (Å²) in [5.74, 6) is 1.53. The minimum Gasteiger partial charge on any atom is -0.489 e. The summed E-state index contributed by atoms with van der Waals surface area (Å²) in [4.78, 5) is 15.8. The zero-order chi connectivity index (χ0) is 25.5. The average Bonchev–Trinajstić information content (AvgIpc) is 3.21. The third kappa shape index (κ3) is 6.26. The maximum absolute atomic E-state index is 10.9. The number of carboxylic acids is 1. The molecule has 4 aromatic rings. The topological polar surface area (TPSA) is 73.6 Å². The van der Waals surface area contributed by atoms with Gasteiger partial charge in [-0.15, -0.1) is 0 Å². The van der Waals surface area contributed by atoms with Crippen molar-refractivity contribution in [3.63, 3.8) is 0 Å². The van der Waals surface area contributed by atoms with E-state index in [-0.39, 0.29) is 6.61 Å². The fourth-order valence-corrected chi connectivity index (χ4v) is 4.59. The van der Waals surface area contributed by atoms with E-state index in [2.05, 4.69) is 51.7 Å². The number of imidazole rings is 1. The number of aliphatic carboxylic acids is 1. The molecule has 0 radical (unpaired) electrons. The standard InChI is InChI=1S/C29H31BrN2O4/c1-3-5-10-28-31-24-16-23(30)12-13-25(24)32(28)17-22-8-6-7-9-26(22)35-18-20-11-14-27(21(4-2)15-20)36-19-29(33)34/h6-9,11-16H,3-5,10,17-19H2,1-2H3,(H,33,34). The zero-order valence-electron chi connectivity index (χ0n) is 20.7. The number of halogens is 1. The van der Waals surface area contributed by atoms with Crippen LogP contribution in [0.3, 0.4) is 0 Å². The fraction of sp³-hybridized carbons (Fsp3) is 0.310. The second-order valence-electron chi connectivity index (χ2n) is 8.73. The molecule has 188 valence electrons. The van der Waals surface area contributed by atoms with Crippen molar-refractivity contribution in [1.82, 2.24) is 9.55 Å². The van der Waals surface area contributed by atoms with Crippen LogP contribution in [0.15, 0.2) is 65.1 Å². The predicted molar refractivity (Wildman–Crippen MR) is 145 cm³/mol. The predicted octanol–water partition coefficient (Wildman–Crippen LogP) is 6.79. The van der Waals surface area contributed by atoms with E-state index in [0.29, 0.717) is 18.9 Å². The number of carbonyl (C=O) groups is 1. The summed E-state index contributed by atoms with van der Waals surface area (Å²) in [7, 11) is 0. The van der Waals surface area contributed by atoms with Gasteiger partial charge in [-0.25, -0.2) is 9.78 Å². The van der Waals surface area contributed by atoms with E-state index in [1.165, 1.54) is 0 Å². The molecule has 6 nitrogen and oxygen atoms in total. The highest BCUT2D eigenvalue weighted by atomic mass is 79.9. The highest BCUT2D eigenvalue weighted by Crippen LogP contribution is 2.27. The van der Waals surface area contributed by atoms with Crippen molar-refractivity contribution in [2.45, 2.75) is 52.7 Å². The Morgan fingerprint density at radius 2 is 1.81 bits per heavy atom. The zero-order valence-corrected chi connectivity index (χ0v) is 22.3. The molecule has 0 saturated heterocycles. The number of para-hydroxylation sites is 1. The van der Waals surface area contributed by atoms with Gasteiger partial charge in [0.25, 0.3) is 0 Å². The molecule has 0 atom stereocenters. The Morgan fingerprint density at radius 1 is 1.00 bits per heavy atom. The smallest absolute Gasteiger partial charge is 0.341 e. The monoisotopic (exact) mass is 550 g/mol. The Labute approximate surface area is 220 Å². The molecule has 3 aromatic carbocycles. The Kier molecular flexibility index (Phi) is 8.65. The van der Waals surface area contributed by atoms with Gasteiger partial charge in [-0.1, -0.05) is 60.5 Å². The van der Waals surface area contributed by atoms with Crippen molar-refractivity contribution in [3.05, 3.63) is 87.7 Å². The summed E-state index contributed by atoms with van der Waals surface area (Å²) in [5, 5.41) is 8.90. The van der Waals surface area contributed by atoms with E-state index >= 15 is 0 Å². The molecule has 1 aromatic heterocycles. The van der Waals surface area contributed by atoms with Crippen LogP contribution in [0.4, 0.5) is 0 Å². The van der Waals surface area contributed by atoms with E-state index < -0.39 is 5.97 Å². The number of hydrogen-bond acceptors (Lipinski definition) is 4. The molecular weight excluding hydrogens is 520 g/mol. The number of hydrogen-bond donors (Lipinski definition) is 1. The van der Waals surface area contributed by atoms with Crippen LogP contribution in [0.2, 0.25) is 0 Å². The Hall–Kier alpha value is -3.32. The van der Waals surface area contributed by atoms with E-state index in [1.807, 2.05) is 43.3 Å². The van der Waals surface area contributed by atoms with Gasteiger partial charge in [0, 0.05) is 16.5 Å². The van der Waals surface area contributed by atoms with Gasteiger partial charge in [0.2, 0.25) is 0 Å². The summed E-state index contributed by atoms with van der Waals surface area (Å²) >= 11 is 3.57. The molecule has 0 bridgehead atoms. The number of carboxylic acid groups (broad SMARTS) is 1. The van der Waals surface area contributed by atoms with Gasteiger partial charge in [-0.3, -0.25) is 0 Å². The fourth-order valence-electron chi connectivity index (χ4n) is 4.24. The molecule has 0 aliphatic heterocycles. The van der Waals surface area contributed by atoms with E-state index in [4.69, 9.17) is 19.6 Å². The number of aryl methyl sites for hydroxylation is 2. The number of ether oxygens (including phenoxy) is 2. The molecule has 36 heavy (non-hydrogen) atoms. The first-order valence-corrected chi connectivity index (χ1v) is 13.1. The van der Waals surface area contributed by atoms with Crippen molar-refractivity contribution in [2.24, 2.45) is 0 Å². The SMILES string of the molecule is CCCCc1nc2cc(Br)ccc2n1Cc1ccccc1OCc1ccc(OCC(=O)O)c(CC)c1. The molecule has 7 heteroatoms. The molecule has 0 saturated carbocycles. The maximum Gasteiger partial charge on any atom is 0.341 e. The van der Waals surface area contributed by atoms with Gasteiger partial charge in [0.05, 0.1) is 17.6 Å². The first-order chi connectivity index (χ1) is 17.5. The Morgan fingerprint density at radius 3 is 2.58 bits per heavy atom. The van der Waals surface area contributed by atoms with Crippen LogP contribution >= 0.6 is 15.9 Å². The molecule has 0 amide bonds. The van der Waals surface area contributed by atoms with Crippen LogP contribution in [-0.2, 0) is 30.8 Å². The summed E-state index contributed by atoms with van der Waals surface area (Å²) in [6, 6.07) is 20.1. The van der Waals surface area contributed by atoms with Gasteiger partial charge in [0.15, 0.2) is 6.61 Å². The van der Waals surface area contributed by atoms with Crippen molar-refractivity contribution >= 4 is 32.9 Å². The van der Waals surface area contributed by atoms with Crippen LogP contribution < -0.4 is 9.47 Å². The van der Waals surface area contributed by atoms with Gasteiger partial charge in [-0.2, -0.15) is 0 Å². The molecule has 0 aliphatic carbocycles. The first-order valence-electron chi connectivity index (χ1n) is 12.3. The number of fused-ring (bicyclic) bond motifs is 1. The third-order valence-corrected chi connectivity index (χ3v) is 6.59. The molecular formula is C29H31BrN2O4.